The Hall–Kier alpha value is -0.940. The summed E-state index contributed by atoms with van der Waals surface area (Å²) in [6.45, 7) is 6.63. The minimum Gasteiger partial charge on any atom is -0.370 e. The van der Waals surface area contributed by atoms with Crippen molar-refractivity contribution in [2.75, 3.05) is 30.7 Å². The largest absolute Gasteiger partial charge is 0.370 e. The van der Waals surface area contributed by atoms with E-state index in [-0.39, 0.29) is 5.91 Å². The molecule has 0 saturated carbocycles. The zero-order chi connectivity index (χ0) is 15.2. The Balaban J connectivity index is 2.13. The number of aromatic nitrogens is 1. The van der Waals surface area contributed by atoms with Crippen LogP contribution in [0.1, 0.15) is 37.2 Å². The molecule has 1 saturated heterocycles. The fourth-order valence-electron chi connectivity index (χ4n) is 2.24. The highest BCUT2D eigenvalue weighted by molar-refractivity contribution is 8.00. The van der Waals surface area contributed by atoms with E-state index in [1.165, 1.54) is 0 Å². The van der Waals surface area contributed by atoms with Crippen LogP contribution in [0.4, 0.5) is 5.82 Å². The molecule has 1 N–H and O–H groups in total. The van der Waals surface area contributed by atoms with Crippen LogP contribution in [-0.2, 0) is 0 Å². The molecule has 1 atom stereocenters. The number of rotatable bonds is 5. The maximum absolute atomic E-state index is 12.7. The Morgan fingerprint density at radius 3 is 3.05 bits per heavy atom. The van der Waals surface area contributed by atoms with Crippen molar-refractivity contribution in [1.82, 2.24) is 9.88 Å². The Bertz CT molecular complexity index is 498. The molecule has 2 rings (SSSR count). The molecule has 1 amide bonds. The van der Waals surface area contributed by atoms with E-state index in [0.29, 0.717) is 21.8 Å². The zero-order valence-corrected chi connectivity index (χ0v) is 14.1. The lowest BCUT2D eigenvalue weighted by Crippen LogP contribution is -2.42. The Morgan fingerprint density at radius 1 is 1.52 bits per heavy atom. The summed E-state index contributed by atoms with van der Waals surface area (Å²) in [4.78, 5) is 18.9. The predicted molar refractivity (Wildman–Crippen MR) is 90.5 cm³/mol. The lowest BCUT2D eigenvalue weighted by atomic mass is 10.2. The molecule has 1 fully saturated rings. The summed E-state index contributed by atoms with van der Waals surface area (Å²) in [5.41, 5.74) is 0.361. The fraction of sp³-hybridized carbons (Fsp3) is 0.600. The number of hydrogen-bond acceptors (Lipinski definition) is 4. The second kappa shape index (κ2) is 7.90. The van der Waals surface area contributed by atoms with Gasteiger partial charge in [0, 0.05) is 30.6 Å². The SMILES string of the molecule is CCCNc1ccc(Cl)c(C(=O)N2CCSC(CC)C2)n1. The highest BCUT2D eigenvalue weighted by Crippen LogP contribution is 2.24. The number of carbonyl (C=O) groups excluding carboxylic acids is 1. The summed E-state index contributed by atoms with van der Waals surface area (Å²) >= 11 is 8.11. The third kappa shape index (κ3) is 4.27. The number of pyridine rings is 1. The topological polar surface area (TPSA) is 45.2 Å². The summed E-state index contributed by atoms with van der Waals surface area (Å²) in [6.07, 6.45) is 2.09. The summed E-state index contributed by atoms with van der Waals surface area (Å²) in [7, 11) is 0. The second-order valence-electron chi connectivity index (χ2n) is 5.11. The molecule has 1 unspecified atom stereocenters. The van der Waals surface area contributed by atoms with Crippen LogP contribution < -0.4 is 5.32 Å². The van der Waals surface area contributed by atoms with Crippen molar-refractivity contribution in [3.8, 4) is 0 Å². The van der Waals surface area contributed by atoms with Gasteiger partial charge in [0.1, 0.15) is 11.5 Å². The van der Waals surface area contributed by atoms with Crippen LogP contribution in [0, 0.1) is 0 Å². The molecule has 4 nitrogen and oxygen atoms in total. The third-order valence-electron chi connectivity index (χ3n) is 3.49. The minimum atomic E-state index is -0.0566. The highest BCUT2D eigenvalue weighted by atomic mass is 35.5. The molecule has 0 aliphatic carbocycles. The van der Waals surface area contributed by atoms with Crippen molar-refractivity contribution in [1.29, 1.82) is 0 Å². The van der Waals surface area contributed by atoms with Gasteiger partial charge in [-0.3, -0.25) is 4.79 Å². The highest BCUT2D eigenvalue weighted by Gasteiger charge is 2.26. The van der Waals surface area contributed by atoms with E-state index < -0.39 is 0 Å². The molecule has 6 heteroatoms. The molecule has 116 valence electrons. The number of nitrogens with one attached hydrogen (secondary N) is 1. The number of nitrogens with zero attached hydrogens (tertiary/aromatic N) is 2. The van der Waals surface area contributed by atoms with Gasteiger partial charge in [-0.25, -0.2) is 4.98 Å². The van der Waals surface area contributed by atoms with Crippen molar-refractivity contribution < 1.29 is 4.79 Å². The van der Waals surface area contributed by atoms with Crippen LogP contribution in [0.5, 0.6) is 0 Å². The smallest absolute Gasteiger partial charge is 0.274 e. The number of thioether (sulfide) groups is 1. The van der Waals surface area contributed by atoms with E-state index in [0.717, 1.165) is 38.2 Å². The zero-order valence-electron chi connectivity index (χ0n) is 12.6. The van der Waals surface area contributed by atoms with Gasteiger partial charge in [0.25, 0.3) is 5.91 Å². The van der Waals surface area contributed by atoms with E-state index in [4.69, 9.17) is 11.6 Å². The van der Waals surface area contributed by atoms with Gasteiger partial charge in [0.15, 0.2) is 0 Å². The minimum absolute atomic E-state index is 0.0566. The molecule has 0 radical (unpaired) electrons. The van der Waals surface area contributed by atoms with Crippen molar-refractivity contribution in [2.45, 2.75) is 31.9 Å². The van der Waals surface area contributed by atoms with Gasteiger partial charge in [-0.15, -0.1) is 0 Å². The Labute approximate surface area is 135 Å². The van der Waals surface area contributed by atoms with Crippen molar-refractivity contribution >= 4 is 35.1 Å². The van der Waals surface area contributed by atoms with Crippen LogP contribution in [0.25, 0.3) is 0 Å². The normalized spacial score (nSPS) is 18.6. The first kappa shape index (κ1) is 16.4. The summed E-state index contributed by atoms with van der Waals surface area (Å²) < 4.78 is 0. The van der Waals surface area contributed by atoms with Gasteiger partial charge in [0.2, 0.25) is 0 Å². The van der Waals surface area contributed by atoms with Gasteiger partial charge in [-0.1, -0.05) is 25.4 Å². The van der Waals surface area contributed by atoms with Crippen LogP contribution in [0.2, 0.25) is 5.02 Å². The second-order valence-corrected chi connectivity index (χ2v) is 6.92. The van der Waals surface area contributed by atoms with Crippen molar-refractivity contribution in [3.05, 3.63) is 22.8 Å². The number of amides is 1. The summed E-state index contributed by atoms with van der Waals surface area (Å²) in [6, 6.07) is 3.56. The molecule has 2 heterocycles. The maximum atomic E-state index is 12.7. The number of halogens is 1. The maximum Gasteiger partial charge on any atom is 0.274 e. The Kier molecular flexibility index (Phi) is 6.18. The summed E-state index contributed by atoms with van der Waals surface area (Å²) in [5.74, 6) is 1.64. The quantitative estimate of drug-likeness (QED) is 0.898. The number of carbonyl (C=O) groups is 1. The van der Waals surface area contributed by atoms with Gasteiger partial charge in [-0.05, 0) is 25.0 Å². The van der Waals surface area contributed by atoms with Crippen molar-refractivity contribution in [3.63, 3.8) is 0 Å². The van der Waals surface area contributed by atoms with E-state index >= 15 is 0 Å². The average molecular weight is 328 g/mol. The molecule has 1 aromatic rings. The first-order valence-electron chi connectivity index (χ1n) is 7.47. The monoisotopic (exact) mass is 327 g/mol. The predicted octanol–water partition coefficient (Wildman–Crippen LogP) is 3.52. The Morgan fingerprint density at radius 2 is 2.33 bits per heavy atom. The van der Waals surface area contributed by atoms with Crippen LogP contribution in [0.3, 0.4) is 0 Å². The molecule has 0 spiro atoms. The lowest BCUT2D eigenvalue weighted by molar-refractivity contribution is 0.0755. The van der Waals surface area contributed by atoms with Gasteiger partial charge >= 0.3 is 0 Å². The van der Waals surface area contributed by atoms with Crippen molar-refractivity contribution in [2.24, 2.45) is 0 Å². The van der Waals surface area contributed by atoms with E-state index in [1.807, 2.05) is 22.7 Å². The fourth-order valence-corrected chi connectivity index (χ4v) is 3.61. The molecular weight excluding hydrogens is 306 g/mol. The van der Waals surface area contributed by atoms with Crippen LogP contribution in [0.15, 0.2) is 12.1 Å². The number of hydrogen-bond donors (Lipinski definition) is 1. The molecule has 21 heavy (non-hydrogen) atoms. The summed E-state index contributed by atoms with van der Waals surface area (Å²) in [5, 5.41) is 4.14. The molecule has 1 aliphatic rings. The molecule has 0 bridgehead atoms. The van der Waals surface area contributed by atoms with Crippen LogP contribution >= 0.6 is 23.4 Å². The molecular formula is C15H22ClN3OS. The van der Waals surface area contributed by atoms with E-state index in [9.17, 15) is 4.79 Å². The van der Waals surface area contributed by atoms with Gasteiger partial charge in [0.05, 0.1) is 5.02 Å². The van der Waals surface area contributed by atoms with Gasteiger partial charge < -0.3 is 10.2 Å². The molecule has 0 aromatic carbocycles. The number of anilines is 1. The average Bonchev–Trinajstić information content (AvgIpc) is 2.53. The van der Waals surface area contributed by atoms with Crippen LogP contribution in [-0.4, -0.2) is 46.4 Å². The lowest BCUT2D eigenvalue weighted by Gasteiger charge is -2.31. The standard InChI is InChI=1S/C15H22ClN3OS/c1-3-7-17-13-6-5-12(16)14(18-13)15(20)19-8-9-21-11(4-2)10-19/h5-6,11H,3-4,7-10H2,1-2H3,(H,17,18). The first-order chi connectivity index (χ1) is 10.2. The molecule has 1 aliphatic heterocycles. The van der Waals surface area contributed by atoms with Gasteiger partial charge in [-0.2, -0.15) is 11.8 Å². The molecule has 1 aromatic heterocycles. The van der Waals surface area contributed by atoms with E-state index in [1.54, 1.807) is 6.07 Å². The first-order valence-corrected chi connectivity index (χ1v) is 8.89. The third-order valence-corrected chi connectivity index (χ3v) is 5.16. The van der Waals surface area contributed by atoms with E-state index in [2.05, 4.69) is 24.1 Å².